The molecule has 1 heterocycles. The summed E-state index contributed by atoms with van der Waals surface area (Å²) in [6.07, 6.45) is 1.35. The molecule has 0 aliphatic rings. The van der Waals surface area contributed by atoms with Gasteiger partial charge < -0.3 is 4.74 Å². The largest absolute Gasteiger partial charge is 0.496 e. The number of hydrogen-bond acceptors (Lipinski definition) is 7. The highest BCUT2D eigenvalue weighted by atomic mass is 32.1. The van der Waals surface area contributed by atoms with Gasteiger partial charge in [0.2, 0.25) is 0 Å². The van der Waals surface area contributed by atoms with Crippen LogP contribution in [-0.4, -0.2) is 23.2 Å². The van der Waals surface area contributed by atoms with Crippen LogP contribution in [0.2, 0.25) is 0 Å². The van der Waals surface area contributed by atoms with Crippen molar-refractivity contribution in [1.29, 1.82) is 0 Å². The lowest BCUT2D eigenvalue weighted by Gasteiger charge is -2.01. The number of methoxy groups -OCH3 is 1. The van der Waals surface area contributed by atoms with Crippen LogP contribution in [0.4, 0.5) is 16.4 Å². The number of aliphatic imine (C=N–C) groups is 1. The van der Waals surface area contributed by atoms with E-state index in [0.717, 1.165) is 11.3 Å². The highest BCUT2D eigenvalue weighted by Gasteiger charge is 2.14. The average molecular weight is 307 g/mol. The fraction of sp³-hybridized carbons (Fsp3) is 0.0833. The number of ether oxygens (including phenoxy) is 1. The molecule has 1 aromatic carbocycles. The van der Waals surface area contributed by atoms with Gasteiger partial charge in [0.05, 0.1) is 27.9 Å². The molecular weight excluding hydrogens is 298 g/mol. The molecular formula is C12H9N3O5S. The Morgan fingerprint density at radius 2 is 1.95 bits per heavy atom. The van der Waals surface area contributed by atoms with Crippen molar-refractivity contribution in [1.82, 2.24) is 0 Å². The van der Waals surface area contributed by atoms with E-state index in [-0.39, 0.29) is 16.4 Å². The highest BCUT2D eigenvalue weighted by Crippen LogP contribution is 2.31. The third kappa shape index (κ3) is 3.39. The third-order valence-corrected chi connectivity index (χ3v) is 3.47. The molecule has 2 rings (SSSR count). The van der Waals surface area contributed by atoms with Crippen LogP contribution in [0.25, 0.3) is 0 Å². The van der Waals surface area contributed by atoms with E-state index in [1.54, 1.807) is 6.07 Å². The molecule has 0 aliphatic carbocycles. The quantitative estimate of drug-likeness (QED) is 0.478. The van der Waals surface area contributed by atoms with Crippen molar-refractivity contribution in [2.24, 2.45) is 4.99 Å². The molecule has 21 heavy (non-hydrogen) atoms. The molecule has 2 aromatic rings. The second-order valence-electron chi connectivity index (χ2n) is 3.80. The van der Waals surface area contributed by atoms with Crippen molar-refractivity contribution >= 4 is 33.9 Å². The van der Waals surface area contributed by atoms with E-state index < -0.39 is 9.85 Å². The molecule has 8 nitrogen and oxygen atoms in total. The molecule has 0 bridgehead atoms. The third-order valence-electron chi connectivity index (χ3n) is 2.50. The first-order valence-electron chi connectivity index (χ1n) is 5.62. The Labute approximate surface area is 122 Å². The number of nitro benzene ring substituents is 1. The van der Waals surface area contributed by atoms with Crippen LogP contribution in [0.3, 0.4) is 0 Å². The molecule has 0 atom stereocenters. The van der Waals surface area contributed by atoms with E-state index in [0.29, 0.717) is 10.6 Å². The second kappa shape index (κ2) is 6.09. The Hall–Kier alpha value is -2.81. The zero-order valence-electron chi connectivity index (χ0n) is 10.8. The molecule has 0 amide bonds. The number of rotatable bonds is 5. The number of benzene rings is 1. The molecule has 1 aromatic heterocycles. The van der Waals surface area contributed by atoms with E-state index in [9.17, 15) is 20.2 Å². The summed E-state index contributed by atoms with van der Waals surface area (Å²) in [5.41, 5.74) is -0.0477. The van der Waals surface area contributed by atoms with Gasteiger partial charge in [0.15, 0.2) is 0 Å². The average Bonchev–Trinajstić information content (AvgIpc) is 2.94. The van der Waals surface area contributed by atoms with Crippen LogP contribution in [-0.2, 0) is 0 Å². The minimum atomic E-state index is -0.563. The maximum Gasteiger partial charge on any atom is 0.324 e. The van der Waals surface area contributed by atoms with Gasteiger partial charge in [0.25, 0.3) is 5.69 Å². The van der Waals surface area contributed by atoms with Gasteiger partial charge in [-0.15, -0.1) is 0 Å². The molecule has 0 N–H and O–H groups in total. The first-order valence-corrected chi connectivity index (χ1v) is 6.43. The molecule has 0 radical (unpaired) electrons. The first kappa shape index (κ1) is 14.6. The van der Waals surface area contributed by atoms with Crippen LogP contribution in [0.5, 0.6) is 5.75 Å². The SMILES string of the molecule is COc1ccc(N=Cc2ccc([N+](=O)[O-])s2)c([N+](=O)[O-])c1. The van der Waals surface area contributed by atoms with Gasteiger partial charge in [-0.05, 0) is 18.2 Å². The molecule has 108 valence electrons. The maximum absolute atomic E-state index is 11.0. The Morgan fingerprint density at radius 1 is 1.19 bits per heavy atom. The van der Waals surface area contributed by atoms with Crippen LogP contribution >= 0.6 is 11.3 Å². The van der Waals surface area contributed by atoms with Crippen molar-refractivity contribution < 1.29 is 14.6 Å². The molecule has 0 spiro atoms. The predicted molar refractivity (Wildman–Crippen MR) is 77.9 cm³/mol. The first-order chi connectivity index (χ1) is 10.0. The maximum atomic E-state index is 11.0. The number of nitro groups is 2. The summed E-state index contributed by atoms with van der Waals surface area (Å²) in [5, 5.41) is 21.5. The Morgan fingerprint density at radius 3 is 2.52 bits per heavy atom. The van der Waals surface area contributed by atoms with Gasteiger partial charge in [-0.1, -0.05) is 11.3 Å². The summed E-state index contributed by atoms with van der Waals surface area (Å²) in [4.78, 5) is 25.0. The van der Waals surface area contributed by atoms with Gasteiger partial charge in [-0.3, -0.25) is 20.2 Å². The lowest BCUT2D eigenvalue weighted by Crippen LogP contribution is -1.90. The number of hydrogen-bond donors (Lipinski definition) is 0. The van der Waals surface area contributed by atoms with Crippen LogP contribution in [0.1, 0.15) is 4.88 Å². The summed E-state index contributed by atoms with van der Waals surface area (Å²) < 4.78 is 4.92. The molecule has 0 saturated carbocycles. The fourth-order valence-corrected chi connectivity index (χ4v) is 2.22. The summed E-state index contributed by atoms with van der Waals surface area (Å²) in [6, 6.07) is 7.16. The van der Waals surface area contributed by atoms with E-state index in [1.165, 1.54) is 37.6 Å². The molecule has 0 fully saturated rings. The van der Waals surface area contributed by atoms with Gasteiger partial charge in [0, 0.05) is 12.3 Å². The minimum Gasteiger partial charge on any atom is -0.496 e. The van der Waals surface area contributed by atoms with Gasteiger partial charge in [-0.2, -0.15) is 0 Å². The standard InChI is InChI=1S/C12H9N3O5S/c1-20-8-2-4-10(11(6-8)14(16)17)13-7-9-3-5-12(21-9)15(18)19/h2-7H,1H3. The van der Waals surface area contributed by atoms with Crippen molar-refractivity contribution in [2.75, 3.05) is 7.11 Å². The van der Waals surface area contributed by atoms with Crippen molar-refractivity contribution in [3.63, 3.8) is 0 Å². The predicted octanol–water partition coefficient (Wildman–Crippen LogP) is 3.32. The Kier molecular flexibility index (Phi) is 4.24. The lowest BCUT2D eigenvalue weighted by atomic mass is 10.2. The summed E-state index contributed by atoms with van der Waals surface area (Å²) in [6.45, 7) is 0. The normalized spacial score (nSPS) is 10.7. The second-order valence-corrected chi connectivity index (χ2v) is 4.90. The number of nitrogens with zero attached hydrogens (tertiary/aromatic N) is 3. The minimum absolute atomic E-state index is 0.0133. The Bertz CT molecular complexity index is 725. The fourth-order valence-electron chi connectivity index (χ4n) is 1.53. The monoisotopic (exact) mass is 307 g/mol. The van der Waals surface area contributed by atoms with Gasteiger partial charge >= 0.3 is 5.00 Å². The van der Waals surface area contributed by atoms with Crippen molar-refractivity contribution in [3.05, 3.63) is 55.4 Å². The summed E-state index contributed by atoms with van der Waals surface area (Å²) >= 11 is 0.939. The molecule has 0 saturated heterocycles. The van der Waals surface area contributed by atoms with Gasteiger partial charge in [0.1, 0.15) is 11.4 Å². The van der Waals surface area contributed by atoms with E-state index in [4.69, 9.17) is 4.74 Å². The number of thiophene rings is 1. The van der Waals surface area contributed by atoms with Crippen LogP contribution in [0.15, 0.2) is 35.3 Å². The zero-order chi connectivity index (χ0) is 15.4. The highest BCUT2D eigenvalue weighted by molar-refractivity contribution is 7.16. The topological polar surface area (TPSA) is 108 Å². The summed E-state index contributed by atoms with van der Waals surface area (Å²) in [7, 11) is 1.41. The van der Waals surface area contributed by atoms with Crippen LogP contribution < -0.4 is 4.74 Å². The van der Waals surface area contributed by atoms with E-state index in [1.807, 2.05) is 0 Å². The molecule has 0 aliphatic heterocycles. The summed E-state index contributed by atoms with van der Waals surface area (Å²) in [5.74, 6) is 0.354. The smallest absolute Gasteiger partial charge is 0.324 e. The van der Waals surface area contributed by atoms with E-state index >= 15 is 0 Å². The van der Waals surface area contributed by atoms with Gasteiger partial charge in [-0.25, -0.2) is 4.99 Å². The molecule has 0 unspecified atom stereocenters. The zero-order valence-corrected chi connectivity index (χ0v) is 11.6. The Balaban J connectivity index is 2.31. The van der Waals surface area contributed by atoms with E-state index in [2.05, 4.69) is 4.99 Å². The lowest BCUT2D eigenvalue weighted by molar-refractivity contribution is -0.384. The van der Waals surface area contributed by atoms with Crippen molar-refractivity contribution in [3.8, 4) is 5.75 Å². The van der Waals surface area contributed by atoms with Crippen LogP contribution in [0, 0.1) is 20.2 Å². The molecule has 9 heteroatoms. The van der Waals surface area contributed by atoms with Crippen molar-refractivity contribution in [2.45, 2.75) is 0 Å².